The Kier molecular flexibility index (Phi) is 5.52. The zero-order valence-corrected chi connectivity index (χ0v) is 14.6. The first-order chi connectivity index (χ1) is 11.7. The van der Waals surface area contributed by atoms with E-state index in [9.17, 15) is 4.79 Å². The van der Waals surface area contributed by atoms with Crippen LogP contribution in [0.2, 0.25) is 0 Å². The molecule has 0 radical (unpaired) electrons. The van der Waals surface area contributed by atoms with Crippen molar-refractivity contribution in [1.29, 1.82) is 5.26 Å². The van der Waals surface area contributed by atoms with Crippen LogP contribution in [0.5, 0.6) is 0 Å². The molecule has 3 rings (SSSR count). The van der Waals surface area contributed by atoms with Crippen LogP contribution in [0.1, 0.15) is 56.2 Å². The smallest absolute Gasteiger partial charge is 0.222 e. The molecule has 2 saturated heterocycles. The summed E-state index contributed by atoms with van der Waals surface area (Å²) in [4.78, 5) is 16.6. The number of carbonyl (C=O) groups is 1. The Morgan fingerprint density at radius 3 is 2.50 bits per heavy atom. The van der Waals surface area contributed by atoms with Gasteiger partial charge in [0.05, 0.1) is 11.6 Å². The molecule has 1 aromatic rings. The molecule has 1 amide bonds. The quantitative estimate of drug-likeness (QED) is 0.853. The van der Waals surface area contributed by atoms with Crippen LogP contribution in [0, 0.1) is 17.2 Å². The average molecular weight is 325 g/mol. The molecule has 0 spiro atoms. The number of nitriles is 1. The predicted molar refractivity (Wildman–Crippen MR) is 94.3 cm³/mol. The molecule has 4 nitrogen and oxygen atoms in total. The van der Waals surface area contributed by atoms with Gasteiger partial charge in [-0.1, -0.05) is 12.1 Å². The lowest BCUT2D eigenvalue weighted by molar-refractivity contribution is -0.134. The molecule has 128 valence electrons. The predicted octanol–water partition coefficient (Wildman–Crippen LogP) is 3.34. The molecular formula is C20H27N3O. The number of piperidine rings is 2. The van der Waals surface area contributed by atoms with E-state index in [1.807, 2.05) is 12.1 Å². The molecule has 0 aromatic heterocycles. The number of amides is 1. The third kappa shape index (κ3) is 3.96. The monoisotopic (exact) mass is 325 g/mol. The highest BCUT2D eigenvalue weighted by molar-refractivity contribution is 5.76. The molecule has 0 unspecified atom stereocenters. The van der Waals surface area contributed by atoms with E-state index in [0.717, 1.165) is 44.6 Å². The van der Waals surface area contributed by atoms with E-state index in [-0.39, 0.29) is 0 Å². The van der Waals surface area contributed by atoms with Crippen LogP contribution < -0.4 is 0 Å². The van der Waals surface area contributed by atoms with Gasteiger partial charge in [-0.3, -0.25) is 9.69 Å². The van der Waals surface area contributed by atoms with E-state index < -0.39 is 0 Å². The van der Waals surface area contributed by atoms with Gasteiger partial charge in [0.1, 0.15) is 0 Å². The summed E-state index contributed by atoms with van der Waals surface area (Å²) in [7, 11) is 0. The minimum absolute atomic E-state index is 0.356. The Bertz CT molecular complexity index is 596. The number of rotatable bonds is 4. The zero-order chi connectivity index (χ0) is 16.9. The average Bonchev–Trinajstić information content (AvgIpc) is 2.64. The van der Waals surface area contributed by atoms with Gasteiger partial charge >= 0.3 is 0 Å². The Balaban J connectivity index is 1.50. The van der Waals surface area contributed by atoms with Crippen LogP contribution in [0.25, 0.3) is 0 Å². The highest BCUT2D eigenvalue weighted by atomic mass is 16.2. The van der Waals surface area contributed by atoms with Crippen molar-refractivity contribution in [3.8, 4) is 6.07 Å². The number of nitrogens with zero attached hydrogens (tertiary/aromatic N) is 3. The van der Waals surface area contributed by atoms with Crippen molar-refractivity contribution in [1.82, 2.24) is 9.80 Å². The fourth-order valence-electron chi connectivity index (χ4n) is 3.94. The van der Waals surface area contributed by atoms with Gasteiger partial charge < -0.3 is 4.90 Å². The SMILES string of the molecule is C[C@@H](c1ccc(C#N)cc1)N1CCC(CN2CCCCC2=O)CC1. The van der Waals surface area contributed by atoms with Crippen LogP contribution in [-0.2, 0) is 4.79 Å². The van der Waals surface area contributed by atoms with Crippen LogP contribution in [0.3, 0.4) is 0 Å². The van der Waals surface area contributed by atoms with Crippen LogP contribution >= 0.6 is 0 Å². The summed E-state index contributed by atoms with van der Waals surface area (Å²) in [5.41, 5.74) is 1.99. The van der Waals surface area contributed by atoms with Crippen molar-refractivity contribution >= 4 is 5.91 Å². The first kappa shape index (κ1) is 17.0. The second-order valence-electron chi connectivity index (χ2n) is 7.19. The van der Waals surface area contributed by atoms with Crippen molar-refractivity contribution in [3.63, 3.8) is 0 Å². The second-order valence-corrected chi connectivity index (χ2v) is 7.19. The number of likely N-dealkylation sites (tertiary alicyclic amines) is 2. The van der Waals surface area contributed by atoms with Crippen LogP contribution in [-0.4, -0.2) is 41.9 Å². The topological polar surface area (TPSA) is 47.3 Å². The molecule has 0 N–H and O–H groups in total. The molecular weight excluding hydrogens is 298 g/mol. The molecule has 0 bridgehead atoms. The van der Waals surface area contributed by atoms with Gasteiger partial charge in [-0.25, -0.2) is 0 Å². The summed E-state index contributed by atoms with van der Waals surface area (Å²) in [6.45, 7) is 6.34. The van der Waals surface area contributed by atoms with Crippen LogP contribution in [0.4, 0.5) is 0 Å². The Labute approximate surface area is 145 Å². The molecule has 2 heterocycles. The maximum atomic E-state index is 12.0. The first-order valence-electron chi connectivity index (χ1n) is 9.19. The first-order valence-corrected chi connectivity index (χ1v) is 9.19. The third-order valence-corrected chi connectivity index (χ3v) is 5.62. The van der Waals surface area contributed by atoms with Gasteiger partial charge in [0.2, 0.25) is 5.91 Å². The lowest BCUT2D eigenvalue weighted by atomic mass is 9.93. The van der Waals surface area contributed by atoms with Crippen molar-refractivity contribution in [2.24, 2.45) is 5.92 Å². The molecule has 0 saturated carbocycles. The summed E-state index contributed by atoms with van der Waals surface area (Å²) < 4.78 is 0. The number of hydrogen-bond acceptors (Lipinski definition) is 3. The minimum atomic E-state index is 0.356. The summed E-state index contributed by atoms with van der Waals surface area (Å²) in [6, 6.07) is 10.5. The van der Waals surface area contributed by atoms with Gasteiger partial charge in [-0.2, -0.15) is 5.26 Å². The normalized spacial score (nSPS) is 21.5. The number of benzene rings is 1. The number of hydrogen-bond donors (Lipinski definition) is 0. The molecule has 24 heavy (non-hydrogen) atoms. The standard InChI is InChI=1S/C20H27N3O/c1-16(19-7-5-17(14-21)6-8-19)22-12-9-18(10-13-22)15-23-11-3-2-4-20(23)24/h5-8,16,18H,2-4,9-13,15H2,1H3/t16-/m0/s1. The molecule has 0 aliphatic carbocycles. The van der Waals surface area contributed by atoms with Crippen molar-refractivity contribution in [3.05, 3.63) is 35.4 Å². The molecule has 2 aliphatic heterocycles. The van der Waals surface area contributed by atoms with Crippen molar-refractivity contribution in [2.45, 2.75) is 45.1 Å². The maximum absolute atomic E-state index is 12.0. The second kappa shape index (κ2) is 7.81. The Morgan fingerprint density at radius 1 is 1.17 bits per heavy atom. The molecule has 2 fully saturated rings. The Morgan fingerprint density at radius 2 is 1.88 bits per heavy atom. The highest BCUT2D eigenvalue weighted by Gasteiger charge is 2.27. The largest absolute Gasteiger partial charge is 0.342 e. The lowest BCUT2D eigenvalue weighted by Crippen LogP contribution is -2.43. The van der Waals surface area contributed by atoms with E-state index in [4.69, 9.17) is 5.26 Å². The molecule has 1 atom stereocenters. The van der Waals surface area contributed by atoms with E-state index >= 15 is 0 Å². The van der Waals surface area contributed by atoms with E-state index in [1.54, 1.807) is 0 Å². The third-order valence-electron chi connectivity index (χ3n) is 5.62. The summed E-state index contributed by atoms with van der Waals surface area (Å²) in [5, 5.41) is 8.91. The van der Waals surface area contributed by atoms with Gasteiger partial charge in [0, 0.05) is 25.6 Å². The maximum Gasteiger partial charge on any atom is 0.222 e. The van der Waals surface area contributed by atoms with Crippen molar-refractivity contribution in [2.75, 3.05) is 26.2 Å². The summed E-state index contributed by atoms with van der Waals surface area (Å²) in [5.74, 6) is 1.01. The van der Waals surface area contributed by atoms with Gasteiger partial charge in [-0.15, -0.1) is 0 Å². The van der Waals surface area contributed by atoms with Gasteiger partial charge in [0.25, 0.3) is 0 Å². The fraction of sp³-hybridized carbons (Fsp3) is 0.600. The van der Waals surface area contributed by atoms with Gasteiger partial charge in [0.15, 0.2) is 0 Å². The van der Waals surface area contributed by atoms with E-state index in [2.05, 4.69) is 34.9 Å². The zero-order valence-electron chi connectivity index (χ0n) is 14.6. The lowest BCUT2D eigenvalue weighted by Gasteiger charge is -2.38. The van der Waals surface area contributed by atoms with Crippen molar-refractivity contribution < 1.29 is 4.79 Å². The number of carbonyl (C=O) groups excluding carboxylic acids is 1. The molecule has 1 aromatic carbocycles. The van der Waals surface area contributed by atoms with Crippen LogP contribution in [0.15, 0.2) is 24.3 Å². The van der Waals surface area contributed by atoms with Gasteiger partial charge in [-0.05, 0) is 69.3 Å². The Hall–Kier alpha value is -1.86. The minimum Gasteiger partial charge on any atom is -0.342 e. The van der Waals surface area contributed by atoms with E-state index in [0.29, 0.717) is 17.9 Å². The summed E-state index contributed by atoms with van der Waals surface area (Å²) in [6.07, 6.45) is 5.32. The van der Waals surface area contributed by atoms with E-state index in [1.165, 1.54) is 24.8 Å². The molecule has 4 heteroatoms. The highest BCUT2D eigenvalue weighted by Crippen LogP contribution is 2.27. The fourth-order valence-corrected chi connectivity index (χ4v) is 3.94. The molecule has 2 aliphatic rings. The summed E-state index contributed by atoms with van der Waals surface area (Å²) >= 11 is 0.